The number of benzene rings is 3. The van der Waals surface area contributed by atoms with Crippen LogP contribution in [0.25, 0.3) is 0 Å². The summed E-state index contributed by atoms with van der Waals surface area (Å²) < 4.78 is 6.04. The first kappa shape index (κ1) is 29.9. The Hall–Kier alpha value is -2.03. The summed E-state index contributed by atoms with van der Waals surface area (Å²) in [5.41, 5.74) is 1.44. The molecule has 3 aromatic carbocycles. The van der Waals surface area contributed by atoms with Gasteiger partial charge < -0.3 is 14.5 Å². The maximum absolute atomic E-state index is 14.6. The summed E-state index contributed by atoms with van der Waals surface area (Å²) in [6.45, 7) is 5.24. The molecule has 0 radical (unpaired) electrons. The zero-order valence-corrected chi connectivity index (χ0v) is 24.9. The van der Waals surface area contributed by atoms with E-state index in [0.29, 0.717) is 46.1 Å². The number of rotatable bonds is 6. The molecule has 0 saturated carbocycles. The molecule has 0 aliphatic carbocycles. The van der Waals surface area contributed by atoms with Crippen molar-refractivity contribution < 1.29 is 9.53 Å². The predicted octanol–water partition coefficient (Wildman–Crippen LogP) is 6.07. The van der Waals surface area contributed by atoms with Gasteiger partial charge in [-0.2, -0.15) is 0 Å². The molecule has 0 spiro atoms. The fourth-order valence-corrected chi connectivity index (χ4v) is 5.70. The number of halogens is 4. The Bertz CT molecular complexity index is 1230. The number of likely N-dealkylation sites (N-methyl/N-ethyl adjacent to an activating group) is 1. The Morgan fingerprint density at radius 3 is 1.82 bits per heavy atom. The van der Waals surface area contributed by atoms with Crippen molar-refractivity contribution in [1.82, 2.24) is 20.4 Å². The number of hydrogen-bond donors (Lipinski definition) is 2. The number of nitrogens with zero attached hydrogens (tertiary/aromatic N) is 2. The maximum Gasteiger partial charge on any atom is 0.262 e. The normalized spacial score (nSPS) is 23.4. The van der Waals surface area contributed by atoms with E-state index in [1.807, 2.05) is 66.4 Å². The second-order valence-electron chi connectivity index (χ2n) is 9.77. The van der Waals surface area contributed by atoms with Gasteiger partial charge in [0, 0.05) is 46.8 Å². The first-order chi connectivity index (χ1) is 18.3. The summed E-state index contributed by atoms with van der Waals surface area (Å²) in [6, 6.07) is 20.4. The zero-order chi connectivity index (χ0) is 26.9. The van der Waals surface area contributed by atoms with Gasteiger partial charge in [-0.05, 0) is 61.5 Å². The van der Waals surface area contributed by atoms with E-state index in [1.54, 1.807) is 12.1 Å². The molecule has 3 aromatic rings. The van der Waals surface area contributed by atoms with E-state index in [9.17, 15) is 4.79 Å². The molecule has 0 bridgehead atoms. The van der Waals surface area contributed by atoms with Crippen molar-refractivity contribution in [3.8, 4) is 5.75 Å². The quantitative estimate of drug-likeness (QED) is 0.355. The molecule has 2 saturated heterocycles. The highest BCUT2D eigenvalue weighted by molar-refractivity contribution is 6.31. The molecule has 2 heterocycles. The van der Waals surface area contributed by atoms with Crippen LogP contribution in [-0.2, 0) is 10.5 Å². The van der Waals surface area contributed by atoms with Gasteiger partial charge >= 0.3 is 0 Å². The number of nitrogens with one attached hydrogen (secondary N) is 2. The monoisotopic (exact) mass is 608 g/mol. The van der Waals surface area contributed by atoms with E-state index >= 15 is 0 Å². The molecule has 2 N–H and O–H groups in total. The van der Waals surface area contributed by atoms with Crippen LogP contribution in [0.3, 0.4) is 0 Å². The Balaban J connectivity index is 0.00000353. The number of piperazine rings is 1. The van der Waals surface area contributed by atoms with Crippen LogP contribution in [-0.4, -0.2) is 55.5 Å². The molecule has 5 rings (SSSR count). The fraction of sp³-hybridized carbons (Fsp3) is 0.345. The molecule has 2 unspecified atom stereocenters. The molecule has 0 aromatic heterocycles. The summed E-state index contributed by atoms with van der Waals surface area (Å²) in [6.07, 6.45) is 0. The lowest BCUT2D eigenvalue weighted by atomic mass is 9.95. The molecule has 208 valence electrons. The van der Waals surface area contributed by atoms with Crippen LogP contribution in [0.2, 0.25) is 15.1 Å². The van der Waals surface area contributed by atoms with Crippen LogP contribution in [0.4, 0.5) is 0 Å². The number of carbonyl (C=O) groups is 1. The summed E-state index contributed by atoms with van der Waals surface area (Å²) in [7, 11) is 2.07. The second-order valence-corrected chi connectivity index (χ2v) is 11.1. The van der Waals surface area contributed by atoms with E-state index in [1.165, 1.54) is 0 Å². The van der Waals surface area contributed by atoms with Gasteiger partial charge in [-0.25, -0.2) is 0 Å². The smallest absolute Gasteiger partial charge is 0.262 e. The zero-order valence-electron chi connectivity index (χ0n) is 21.8. The molecular formula is C29H32Cl4N4O2. The van der Waals surface area contributed by atoms with Crippen LogP contribution >= 0.6 is 47.2 Å². The highest BCUT2D eigenvalue weighted by Gasteiger charge is 2.54. The van der Waals surface area contributed by atoms with Crippen LogP contribution in [0, 0.1) is 0 Å². The lowest BCUT2D eigenvalue weighted by Crippen LogP contribution is -2.61. The number of hydrogen-bond acceptors (Lipinski definition) is 5. The molecule has 39 heavy (non-hydrogen) atoms. The van der Waals surface area contributed by atoms with E-state index < -0.39 is 5.66 Å². The number of carbonyl (C=O) groups excluding carboxylic acids is 1. The Labute approximate surface area is 251 Å². The third-order valence-electron chi connectivity index (χ3n) is 7.29. The Morgan fingerprint density at radius 1 is 0.846 bits per heavy atom. The number of ether oxygens (including phenoxy) is 1. The molecule has 6 nitrogen and oxygen atoms in total. The van der Waals surface area contributed by atoms with E-state index in [4.69, 9.17) is 39.5 Å². The summed E-state index contributed by atoms with van der Waals surface area (Å²) in [4.78, 5) is 18.7. The summed E-state index contributed by atoms with van der Waals surface area (Å²) >= 11 is 18.8. The third-order valence-corrected chi connectivity index (χ3v) is 8.03. The molecule has 2 aliphatic heterocycles. The van der Waals surface area contributed by atoms with Crippen LogP contribution in [0.1, 0.15) is 35.7 Å². The highest BCUT2D eigenvalue weighted by Crippen LogP contribution is 2.45. The minimum absolute atomic E-state index is 0. The van der Waals surface area contributed by atoms with Gasteiger partial charge in [0.1, 0.15) is 5.75 Å². The first-order valence-electron chi connectivity index (χ1n) is 12.8. The fourth-order valence-electron chi connectivity index (χ4n) is 5.29. The van der Waals surface area contributed by atoms with E-state index in [-0.39, 0.29) is 30.4 Å². The highest BCUT2D eigenvalue weighted by atomic mass is 35.5. The third kappa shape index (κ3) is 6.18. The van der Waals surface area contributed by atoms with Gasteiger partial charge in [0.2, 0.25) is 0 Å². The SMILES string of the molecule is CCOc1cc(Cl)ccc1C1(C(=O)N2CCN(C)CC2)NC(c2ccc(Cl)cc2)C(c2ccc(Cl)cc2)N1.Cl. The van der Waals surface area contributed by atoms with Crippen molar-refractivity contribution in [3.63, 3.8) is 0 Å². The first-order valence-corrected chi connectivity index (χ1v) is 13.9. The van der Waals surface area contributed by atoms with Crippen LogP contribution in [0.15, 0.2) is 66.7 Å². The topological polar surface area (TPSA) is 56.8 Å². The van der Waals surface area contributed by atoms with Crippen molar-refractivity contribution in [2.45, 2.75) is 24.7 Å². The average molecular weight is 610 g/mol. The molecule has 2 aliphatic rings. The minimum Gasteiger partial charge on any atom is -0.493 e. The van der Waals surface area contributed by atoms with Crippen molar-refractivity contribution in [2.24, 2.45) is 0 Å². The summed E-state index contributed by atoms with van der Waals surface area (Å²) in [5, 5.41) is 9.31. The number of amides is 1. The average Bonchev–Trinajstić information content (AvgIpc) is 3.31. The van der Waals surface area contributed by atoms with Gasteiger partial charge in [-0.3, -0.25) is 15.4 Å². The molecule has 2 fully saturated rings. The Morgan fingerprint density at radius 2 is 1.33 bits per heavy atom. The van der Waals surface area contributed by atoms with Crippen molar-refractivity contribution in [3.05, 3.63) is 98.5 Å². The minimum atomic E-state index is -1.26. The standard InChI is InChI=1S/C29H31Cl3N4O2.ClH/c1-3-38-25-18-23(32)12-13-24(25)29(28(37)36-16-14-35(2)15-17-36)33-26(19-4-8-21(30)9-5-19)27(34-29)20-6-10-22(31)11-7-20;/h4-13,18,26-27,33-34H,3,14-17H2,1-2H3;1H. The van der Waals surface area contributed by atoms with Crippen molar-refractivity contribution >= 4 is 53.1 Å². The van der Waals surface area contributed by atoms with Gasteiger partial charge in [-0.15, -0.1) is 12.4 Å². The van der Waals surface area contributed by atoms with E-state index in [0.717, 1.165) is 24.2 Å². The van der Waals surface area contributed by atoms with E-state index in [2.05, 4.69) is 22.6 Å². The van der Waals surface area contributed by atoms with Crippen molar-refractivity contribution in [2.75, 3.05) is 39.8 Å². The largest absolute Gasteiger partial charge is 0.493 e. The molecule has 1 amide bonds. The molecule has 10 heteroatoms. The van der Waals surface area contributed by atoms with Gasteiger partial charge in [-0.1, -0.05) is 65.1 Å². The predicted molar refractivity (Wildman–Crippen MR) is 160 cm³/mol. The van der Waals surface area contributed by atoms with Crippen molar-refractivity contribution in [1.29, 1.82) is 0 Å². The Kier molecular flexibility index (Phi) is 9.71. The molecule has 2 atom stereocenters. The van der Waals surface area contributed by atoms with Gasteiger partial charge in [0.25, 0.3) is 5.91 Å². The van der Waals surface area contributed by atoms with Crippen LogP contribution in [0.5, 0.6) is 5.75 Å². The molecular weight excluding hydrogens is 578 g/mol. The second kappa shape index (κ2) is 12.6. The van der Waals surface area contributed by atoms with Gasteiger partial charge in [0.15, 0.2) is 5.66 Å². The van der Waals surface area contributed by atoms with Crippen LogP contribution < -0.4 is 15.4 Å². The lowest BCUT2D eigenvalue weighted by Gasteiger charge is -2.40. The summed E-state index contributed by atoms with van der Waals surface area (Å²) in [5.74, 6) is 0.512. The van der Waals surface area contributed by atoms with Gasteiger partial charge in [0.05, 0.1) is 18.7 Å². The maximum atomic E-state index is 14.6. The lowest BCUT2D eigenvalue weighted by molar-refractivity contribution is -0.141.